The van der Waals surface area contributed by atoms with Crippen molar-refractivity contribution in [2.75, 3.05) is 25.1 Å². The first-order valence-electron chi connectivity index (χ1n) is 10.4. The molecule has 2 aromatic carbocycles. The van der Waals surface area contributed by atoms with Crippen molar-refractivity contribution in [2.24, 2.45) is 4.99 Å². The van der Waals surface area contributed by atoms with E-state index >= 15 is 0 Å². The summed E-state index contributed by atoms with van der Waals surface area (Å²) < 4.78 is 5.41. The van der Waals surface area contributed by atoms with Gasteiger partial charge in [-0.15, -0.1) is 0 Å². The predicted molar refractivity (Wildman–Crippen MR) is 137 cm³/mol. The maximum atomic E-state index is 13.5. The number of carbonyl (C=O) groups excluding carboxylic acids is 1. The van der Waals surface area contributed by atoms with Gasteiger partial charge in [0.25, 0.3) is 5.91 Å². The van der Waals surface area contributed by atoms with Gasteiger partial charge in [0, 0.05) is 24.1 Å². The van der Waals surface area contributed by atoms with Gasteiger partial charge in [-0.1, -0.05) is 48.3 Å². The van der Waals surface area contributed by atoms with Gasteiger partial charge in [0.15, 0.2) is 5.17 Å². The number of hydrogen-bond acceptors (Lipinski definition) is 6. The van der Waals surface area contributed by atoms with Crippen LogP contribution in [0.25, 0.3) is 0 Å². The van der Waals surface area contributed by atoms with Gasteiger partial charge in [-0.05, 0) is 55.4 Å². The van der Waals surface area contributed by atoms with Crippen LogP contribution in [-0.2, 0) is 4.79 Å². The Kier molecular flexibility index (Phi) is 7.30. The zero-order chi connectivity index (χ0) is 22.8. The minimum Gasteiger partial charge on any atom is -0.497 e. The second-order valence-electron chi connectivity index (χ2n) is 7.22. The van der Waals surface area contributed by atoms with Crippen LogP contribution in [0.4, 0.5) is 11.4 Å². The number of unbranched alkanes of at least 4 members (excludes halogenated alkanes) is 1. The fraction of sp³-hybridized carbons (Fsp3) is 0.304. The van der Waals surface area contributed by atoms with Gasteiger partial charge in [-0.3, -0.25) is 9.69 Å². The third kappa shape index (κ3) is 4.49. The molecule has 0 aromatic heterocycles. The minimum atomic E-state index is -0.0111. The molecule has 1 saturated heterocycles. The van der Waals surface area contributed by atoms with Crippen LogP contribution in [0.5, 0.6) is 5.75 Å². The summed E-state index contributed by atoms with van der Waals surface area (Å²) in [6.07, 6.45) is 1.89. The quantitative estimate of drug-likeness (QED) is 0.387. The summed E-state index contributed by atoms with van der Waals surface area (Å²) in [5.41, 5.74) is 1.73. The highest BCUT2D eigenvalue weighted by atomic mass is 35.5. The Morgan fingerprint density at radius 1 is 1.03 bits per heavy atom. The van der Waals surface area contributed by atoms with E-state index < -0.39 is 0 Å². The predicted octanol–water partition coefficient (Wildman–Crippen LogP) is 7.17. The van der Waals surface area contributed by atoms with E-state index in [1.165, 1.54) is 11.8 Å². The smallest absolute Gasteiger partial charge is 0.269 e. The molecular formula is C23H23Cl2N3O2S2. The minimum absolute atomic E-state index is 0.0111. The van der Waals surface area contributed by atoms with Gasteiger partial charge in [-0.25, -0.2) is 4.99 Å². The molecule has 0 radical (unpaired) electrons. The average molecular weight is 508 g/mol. The Morgan fingerprint density at radius 2 is 1.84 bits per heavy atom. The van der Waals surface area contributed by atoms with Gasteiger partial charge >= 0.3 is 0 Å². The monoisotopic (exact) mass is 507 g/mol. The molecule has 0 N–H and O–H groups in total. The van der Waals surface area contributed by atoms with E-state index in [1.807, 2.05) is 18.2 Å². The van der Waals surface area contributed by atoms with Crippen molar-refractivity contribution in [2.45, 2.75) is 31.6 Å². The summed E-state index contributed by atoms with van der Waals surface area (Å²) >= 11 is 15.3. The molecule has 0 atom stereocenters. The summed E-state index contributed by atoms with van der Waals surface area (Å²) in [5.74, 6) is 0.786. The van der Waals surface area contributed by atoms with E-state index in [4.69, 9.17) is 32.9 Å². The molecule has 2 aromatic rings. The molecule has 168 valence electrons. The molecule has 0 bridgehead atoms. The van der Waals surface area contributed by atoms with E-state index in [2.05, 4.69) is 18.7 Å². The van der Waals surface area contributed by atoms with E-state index in [0.29, 0.717) is 32.4 Å². The highest BCUT2D eigenvalue weighted by molar-refractivity contribution is 8.19. The summed E-state index contributed by atoms with van der Waals surface area (Å²) in [4.78, 5) is 24.0. The van der Waals surface area contributed by atoms with Crippen LogP contribution in [0.3, 0.4) is 0 Å². The number of rotatable bonds is 6. The van der Waals surface area contributed by atoms with Gasteiger partial charge in [0.05, 0.1) is 28.5 Å². The molecular weight excluding hydrogens is 485 g/mol. The molecule has 0 spiro atoms. The number of anilines is 1. The SMILES string of the molecule is CCCCN1C(=O)/C(=C2/Sc3ccc(OC)cc3N2CC)SC1=Nc1ccc(Cl)c(Cl)c1. The normalized spacial score (nSPS) is 19.3. The summed E-state index contributed by atoms with van der Waals surface area (Å²) in [7, 11) is 1.66. The molecule has 4 rings (SSSR count). The largest absolute Gasteiger partial charge is 0.497 e. The summed E-state index contributed by atoms with van der Waals surface area (Å²) in [5, 5.41) is 2.51. The molecule has 2 aliphatic heterocycles. The number of carbonyl (C=O) groups is 1. The number of halogens is 2. The third-order valence-corrected chi connectivity index (χ3v) is 8.26. The first-order chi connectivity index (χ1) is 15.5. The Bertz CT molecular complexity index is 1120. The first kappa shape index (κ1) is 23.4. The Morgan fingerprint density at radius 3 is 2.53 bits per heavy atom. The van der Waals surface area contributed by atoms with Crippen molar-refractivity contribution >= 4 is 69.2 Å². The van der Waals surface area contributed by atoms with Crippen LogP contribution in [0, 0.1) is 0 Å². The van der Waals surface area contributed by atoms with Crippen LogP contribution < -0.4 is 9.64 Å². The van der Waals surface area contributed by atoms with Crippen molar-refractivity contribution in [1.82, 2.24) is 4.90 Å². The molecule has 0 saturated carbocycles. The number of benzene rings is 2. The Hall–Kier alpha value is -1.80. The van der Waals surface area contributed by atoms with Crippen molar-refractivity contribution in [3.05, 3.63) is 56.4 Å². The standard InChI is InChI=1S/C23H23Cl2N3O2S2/c1-4-6-11-28-21(29)20(32-23(28)26-14-7-9-16(24)17(25)12-14)22-27(5-2)18-13-15(30-3)8-10-19(18)31-22/h7-10,12-13H,4-6,11H2,1-3H3/b22-20-,26-23?. The molecule has 5 nitrogen and oxygen atoms in total. The molecule has 0 aliphatic carbocycles. The lowest BCUT2D eigenvalue weighted by molar-refractivity contribution is -0.122. The van der Waals surface area contributed by atoms with Crippen LogP contribution >= 0.6 is 46.7 Å². The van der Waals surface area contributed by atoms with Gasteiger partial charge in [0.1, 0.15) is 15.7 Å². The number of amidine groups is 1. The number of amides is 1. The van der Waals surface area contributed by atoms with Gasteiger partial charge < -0.3 is 9.64 Å². The number of methoxy groups -OCH3 is 1. The fourth-order valence-electron chi connectivity index (χ4n) is 3.47. The van der Waals surface area contributed by atoms with E-state index in [-0.39, 0.29) is 5.91 Å². The zero-order valence-electron chi connectivity index (χ0n) is 18.0. The molecule has 32 heavy (non-hydrogen) atoms. The Labute approximate surface area is 206 Å². The second kappa shape index (κ2) is 10.00. The average Bonchev–Trinajstić information content (AvgIpc) is 3.31. The maximum absolute atomic E-state index is 13.5. The van der Waals surface area contributed by atoms with Crippen molar-refractivity contribution in [1.29, 1.82) is 0 Å². The first-order valence-corrected chi connectivity index (χ1v) is 12.8. The van der Waals surface area contributed by atoms with Crippen LogP contribution in [0.2, 0.25) is 10.0 Å². The molecule has 1 fully saturated rings. The number of nitrogens with zero attached hydrogens (tertiary/aromatic N) is 3. The lowest BCUT2D eigenvalue weighted by Crippen LogP contribution is -2.30. The molecule has 2 aliphatic rings. The second-order valence-corrected chi connectivity index (χ2v) is 10.0. The number of thioether (sulfide) groups is 2. The van der Waals surface area contributed by atoms with E-state index in [1.54, 1.807) is 42.0 Å². The lowest BCUT2D eigenvalue weighted by atomic mass is 10.2. The van der Waals surface area contributed by atoms with Crippen LogP contribution in [0.15, 0.2) is 56.2 Å². The van der Waals surface area contributed by atoms with Gasteiger partial charge in [0.2, 0.25) is 0 Å². The van der Waals surface area contributed by atoms with E-state index in [9.17, 15) is 4.79 Å². The highest BCUT2D eigenvalue weighted by Gasteiger charge is 2.39. The van der Waals surface area contributed by atoms with E-state index in [0.717, 1.165) is 40.7 Å². The number of fused-ring (bicyclic) bond motifs is 1. The van der Waals surface area contributed by atoms with Crippen LogP contribution in [-0.4, -0.2) is 36.2 Å². The number of ether oxygens (including phenoxy) is 1. The van der Waals surface area contributed by atoms with Crippen molar-refractivity contribution in [3.63, 3.8) is 0 Å². The molecule has 1 amide bonds. The topological polar surface area (TPSA) is 45.1 Å². The van der Waals surface area contributed by atoms with Gasteiger partial charge in [-0.2, -0.15) is 0 Å². The molecule has 9 heteroatoms. The zero-order valence-corrected chi connectivity index (χ0v) is 21.2. The fourth-order valence-corrected chi connectivity index (χ4v) is 6.16. The molecule has 2 heterocycles. The summed E-state index contributed by atoms with van der Waals surface area (Å²) in [6.45, 7) is 5.56. The molecule has 0 unspecified atom stereocenters. The number of hydrogen-bond donors (Lipinski definition) is 0. The Balaban J connectivity index is 1.74. The van der Waals surface area contributed by atoms with Crippen LogP contribution in [0.1, 0.15) is 26.7 Å². The van der Waals surface area contributed by atoms with Crippen molar-refractivity contribution < 1.29 is 9.53 Å². The summed E-state index contributed by atoms with van der Waals surface area (Å²) in [6, 6.07) is 11.2. The van der Waals surface area contributed by atoms with Crippen molar-refractivity contribution in [3.8, 4) is 5.75 Å². The number of aliphatic imine (C=N–C) groups is 1. The lowest BCUT2D eigenvalue weighted by Gasteiger charge is -2.19. The highest BCUT2D eigenvalue weighted by Crippen LogP contribution is 2.51. The maximum Gasteiger partial charge on any atom is 0.269 e. The third-order valence-electron chi connectivity index (χ3n) is 5.15.